The summed E-state index contributed by atoms with van der Waals surface area (Å²) in [5, 5.41) is 2.67. The van der Waals surface area contributed by atoms with E-state index in [1.54, 1.807) is 12.1 Å². The maximum absolute atomic E-state index is 12.0. The second kappa shape index (κ2) is 5.21. The van der Waals surface area contributed by atoms with Crippen LogP contribution in [0.3, 0.4) is 0 Å². The molecule has 0 heterocycles. The Hall–Kier alpha value is -1.84. The SMILES string of the molecule is COc1ccc(C)cc1C(=O)CNC(=O)C1CC1. The highest BCUT2D eigenvalue weighted by Crippen LogP contribution is 2.28. The second-order valence-electron chi connectivity index (χ2n) is 4.62. The number of rotatable bonds is 5. The van der Waals surface area contributed by atoms with E-state index >= 15 is 0 Å². The van der Waals surface area contributed by atoms with E-state index in [4.69, 9.17) is 4.74 Å². The van der Waals surface area contributed by atoms with Crippen molar-refractivity contribution < 1.29 is 14.3 Å². The predicted molar refractivity (Wildman–Crippen MR) is 67.8 cm³/mol. The third kappa shape index (κ3) is 2.88. The van der Waals surface area contributed by atoms with Crippen molar-refractivity contribution in [2.45, 2.75) is 19.8 Å². The van der Waals surface area contributed by atoms with Gasteiger partial charge in [0.25, 0.3) is 0 Å². The standard InChI is InChI=1S/C14H17NO3/c1-9-3-6-13(18-2)11(7-9)12(16)8-15-14(17)10-4-5-10/h3,6-7,10H,4-5,8H2,1-2H3,(H,15,17). The van der Waals surface area contributed by atoms with E-state index in [0.29, 0.717) is 11.3 Å². The summed E-state index contributed by atoms with van der Waals surface area (Å²) in [7, 11) is 1.53. The molecular formula is C14H17NO3. The van der Waals surface area contributed by atoms with Crippen LogP contribution in [0.1, 0.15) is 28.8 Å². The van der Waals surface area contributed by atoms with Crippen LogP contribution in [0.2, 0.25) is 0 Å². The maximum atomic E-state index is 12.0. The van der Waals surface area contributed by atoms with Crippen molar-refractivity contribution in [1.82, 2.24) is 5.32 Å². The molecule has 18 heavy (non-hydrogen) atoms. The molecule has 0 radical (unpaired) electrons. The number of methoxy groups -OCH3 is 1. The van der Waals surface area contributed by atoms with Crippen molar-refractivity contribution in [3.63, 3.8) is 0 Å². The van der Waals surface area contributed by atoms with Crippen LogP contribution >= 0.6 is 0 Å². The van der Waals surface area contributed by atoms with E-state index in [2.05, 4.69) is 5.32 Å². The number of aryl methyl sites for hydroxylation is 1. The summed E-state index contributed by atoms with van der Waals surface area (Å²) >= 11 is 0. The summed E-state index contributed by atoms with van der Waals surface area (Å²) in [6.07, 6.45) is 1.88. The molecule has 0 atom stereocenters. The zero-order valence-corrected chi connectivity index (χ0v) is 10.7. The average molecular weight is 247 g/mol. The highest BCUT2D eigenvalue weighted by Gasteiger charge is 2.29. The van der Waals surface area contributed by atoms with Gasteiger partial charge in [0.2, 0.25) is 5.91 Å². The quantitative estimate of drug-likeness (QED) is 0.806. The first-order valence-electron chi connectivity index (χ1n) is 6.07. The lowest BCUT2D eigenvalue weighted by molar-refractivity contribution is -0.122. The van der Waals surface area contributed by atoms with Gasteiger partial charge in [-0.2, -0.15) is 0 Å². The van der Waals surface area contributed by atoms with Crippen molar-refractivity contribution in [3.05, 3.63) is 29.3 Å². The number of hydrogen-bond donors (Lipinski definition) is 1. The lowest BCUT2D eigenvalue weighted by Crippen LogP contribution is -2.30. The lowest BCUT2D eigenvalue weighted by Gasteiger charge is -2.09. The van der Waals surface area contributed by atoms with E-state index in [1.165, 1.54) is 7.11 Å². The fourth-order valence-corrected chi connectivity index (χ4v) is 1.79. The van der Waals surface area contributed by atoms with Crippen LogP contribution in [0.5, 0.6) is 5.75 Å². The average Bonchev–Trinajstić information content (AvgIpc) is 3.19. The van der Waals surface area contributed by atoms with E-state index in [1.807, 2.05) is 13.0 Å². The molecular weight excluding hydrogens is 230 g/mol. The van der Waals surface area contributed by atoms with Gasteiger partial charge in [-0.05, 0) is 31.9 Å². The van der Waals surface area contributed by atoms with Gasteiger partial charge in [0.05, 0.1) is 19.2 Å². The largest absolute Gasteiger partial charge is 0.496 e. The van der Waals surface area contributed by atoms with Crippen molar-refractivity contribution >= 4 is 11.7 Å². The Morgan fingerprint density at radius 1 is 1.39 bits per heavy atom. The molecule has 1 aliphatic carbocycles. The summed E-state index contributed by atoms with van der Waals surface area (Å²) in [5.41, 5.74) is 1.52. The first kappa shape index (κ1) is 12.6. The highest BCUT2D eigenvalue weighted by molar-refractivity contribution is 6.02. The van der Waals surface area contributed by atoms with Crippen molar-refractivity contribution in [1.29, 1.82) is 0 Å². The topological polar surface area (TPSA) is 55.4 Å². The minimum Gasteiger partial charge on any atom is -0.496 e. The Morgan fingerprint density at radius 2 is 2.11 bits per heavy atom. The number of carbonyl (C=O) groups is 2. The van der Waals surface area contributed by atoms with Crippen molar-refractivity contribution in [2.24, 2.45) is 5.92 Å². The van der Waals surface area contributed by atoms with Crippen LogP contribution in [0.4, 0.5) is 0 Å². The van der Waals surface area contributed by atoms with Crippen LogP contribution < -0.4 is 10.1 Å². The van der Waals surface area contributed by atoms with Gasteiger partial charge in [-0.1, -0.05) is 11.6 Å². The van der Waals surface area contributed by atoms with Gasteiger partial charge in [-0.3, -0.25) is 9.59 Å². The molecule has 0 spiro atoms. The molecule has 0 unspecified atom stereocenters. The van der Waals surface area contributed by atoms with E-state index in [-0.39, 0.29) is 24.2 Å². The van der Waals surface area contributed by atoms with Gasteiger partial charge in [0, 0.05) is 5.92 Å². The minimum atomic E-state index is -0.121. The maximum Gasteiger partial charge on any atom is 0.223 e. The van der Waals surface area contributed by atoms with E-state index in [9.17, 15) is 9.59 Å². The Kier molecular flexibility index (Phi) is 3.65. The molecule has 0 aromatic heterocycles. The Balaban J connectivity index is 2.03. The molecule has 0 aliphatic heterocycles. The number of ketones is 1. The molecule has 4 heteroatoms. The zero-order valence-electron chi connectivity index (χ0n) is 10.7. The van der Waals surface area contributed by atoms with Crippen LogP contribution in [0.25, 0.3) is 0 Å². The molecule has 1 N–H and O–H groups in total. The fraction of sp³-hybridized carbons (Fsp3) is 0.429. The number of Topliss-reactive ketones (excluding diaryl/α,β-unsaturated/α-hetero) is 1. The molecule has 1 saturated carbocycles. The Labute approximate surface area is 106 Å². The zero-order chi connectivity index (χ0) is 13.1. The Bertz CT molecular complexity index is 478. The number of hydrogen-bond acceptors (Lipinski definition) is 3. The third-order valence-electron chi connectivity index (χ3n) is 3.03. The number of amides is 1. The molecule has 1 aliphatic rings. The fourth-order valence-electron chi connectivity index (χ4n) is 1.79. The summed E-state index contributed by atoms with van der Waals surface area (Å²) in [4.78, 5) is 23.5. The van der Waals surface area contributed by atoms with E-state index < -0.39 is 0 Å². The molecule has 0 bridgehead atoms. The van der Waals surface area contributed by atoms with Crippen LogP contribution in [-0.4, -0.2) is 25.3 Å². The summed E-state index contributed by atoms with van der Waals surface area (Å²) in [6, 6.07) is 5.44. The van der Waals surface area contributed by atoms with Gasteiger partial charge < -0.3 is 10.1 Å². The Morgan fingerprint density at radius 3 is 2.72 bits per heavy atom. The summed E-state index contributed by atoms with van der Waals surface area (Å²) in [6.45, 7) is 1.95. The number of benzene rings is 1. The van der Waals surface area contributed by atoms with Gasteiger partial charge >= 0.3 is 0 Å². The smallest absolute Gasteiger partial charge is 0.223 e. The summed E-state index contributed by atoms with van der Waals surface area (Å²) in [5.74, 6) is 0.531. The molecule has 1 amide bonds. The van der Waals surface area contributed by atoms with Crippen LogP contribution in [0.15, 0.2) is 18.2 Å². The number of ether oxygens (including phenoxy) is 1. The van der Waals surface area contributed by atoms with Crippen molar-refractivity contribution in [2.75, 3.05) is 13.7 Å². The molecule has 0 saturated heterocycles. The molecule has 1 aromatic rings. The molecule has 96 valence electrons. The third-order valence-corrected chi connectivity index (χ3v) is 3.03. The lowest BCUT2D eigenvalue weighted by atomic mass is 10.1. The molecule has 1 aromatic carbocycles. The normalized spacial score (nSPS) is 14.1. The van der Waals surface area contributed by atoms with Gasteiger partial charge in [0.15, 0.2) is 5.78 Å². The van der Waals surface area contributed by atoms with Crippen LogP contribution in [-0.2, 0) is 4.79 Å². The number of nitrogens with one attached hydrogen (secondary N) is 1. The molecule has 2 rings (SSSR count). The minimum absolute atomic E-state index is 0.0185. The molecule has 4 nitrogen and oxygen atoms in total. The first-order valence-corrected chi connectivity index (χ1v) is 6.07. The van der Waals surface area contributed by atoms with Gasteiger partial charge in [-0.15, -0.1) is 0 Å². The van der Waals surface area contributed by atoms with Gasteiger partial charge in [0.1, 0.15) is 5.75 Å². The first-order chi connectivity index (χ1) is 8.61. The highest BCUT2D eigenvalue weighted by atomic mass is 16.5. The predicted octanol–water partition coefficient (Wildman–Crippen LogP) is 1.71. The van der Waals surface area contributed by atoms with Crippen molar-refractivity contribution in [3.8, 4) is 5.75 Å². The van der Waals surface area contributed by atoms with E-state index in [0.717, 1.165) is 18.4 Å². The molecule has 1 fully saturated rings. The second-order valence-corrected chi connectivity index (χ2v) is 4.62. The number of carbonyl (C=O) groups excluding carboxylic acids is 2. The monoisotopic (exact) mass is 247 g/mol. The van der Waals surface area contributed by atoms with Crippen LogP contribution in [0, 0.1) is 12.8 Å². The van der Waals surface area contributed by atoms with Gasteiger partial charge in [-0.25, -0.2) is 0 Å². The summed E-state index contributed by atoms with van der Waals surface area (Å²) < 4.78 is 5.15.